The molecule has 2 aromatic carbocycles. The fourth-order valence-electron chi connectivity index (χ4n) is 4.01. The van der Waals surface area contributed by atoms with Gasteiger partial charge in [-0.05, 0) is 53.6 Å². The zero-order valence-corrected chi connectivity index (χ0v) is 16.8. The lowest BCUT2D eigenvalue weighted by atomic mass is 10.0. The Labute approximate surface area is 181 Å². The van der Waals surface area contributed by atoms with Crippen LogP contribution in [-0.2, 0) is 17.9 Å². The van der Waals surface area contributed by atoms with Crippen LogP contribution >= 0.6 is 0 Å². The Morgan fingerprint density at radius 2 is 1.84 bits per heavy atom. The SMILES string of the molecule is O=C(NCc1ccc(F)cc1)C1c2ccc(F)cc2C(=O)N1Cc1cc2cccnc2[nH]1. The minimum absolute atomic E-state index is 0.125. The third-order valence-corrected chi connectivity index (χ3v) is 5.53. The molecule has 1 unspecified atom stereocenters. The van der Waals surface area contributed by atoms with Crippen molar-refractivity contribution in [2.75, 3.05) is 0 Å². The average molecular weight is 432 g/mol. The molecule has 0 saturated carbocycles. The lowest BCUT2D eigenvalue weighted by molar-refractivity contribution is -0.125. The Morgan fingerprint density at radius 1 is 1.06 bits per heavy atom. The predicted molar refractivity (Wildman–Crippen MR) is 113 cm³/mol. The first-order chi connectivity index (χ1) is 15.5. The molecule has 32 heavy (non-hydrogen) atoms. The summed E-state index contributed by atoms with van der Waals surface area (Å²) in [5.41, 5.74) is 2.71. The Balaban J connectivity index is 1.44. The molecule has 2 N–H and O–H groups in total. The molecule has 0 spiro atoms. The number of carbonyl (C=O) groups excluding carboxylic acids is 2. The van der Waals surface area contributed by atoms with Gasteiger partial charge >= 0.3 is 0 Å². The van der Waals surface area contributed by atoms with E-state index in [1.54, 1.807) is 18.3 Å². The van der Waals surface area contributed by atoms with Crippen molar-refractivity contribution >= 4 is 22.8 Å². The Morgan fingerprint density at radius 3 is 2.62 bits per heavy atom. The Kier molecular flexibility index (Phi) is 4.89. The Hall–Kier alpha value is -4.07. The third kappa shape index (κ3) is 3.60. The van der Waals surface area contributed by atoms with Crippen LogP contribution in [0.25, 0.3) is 11.0 Å². The molecule has 0 radical (unpaired) electrons. The van der Waals surface area contributed by atoms with Crippen molar-refractivity contribution in [2.24, 2.45) is 0 Å². The van der Waals surface area contributed by atoms with Crippen molar-refractivity contribution in [3.8, 4) is 0 Å². The summed E-state index contributed by atoms with van der Waals surface area (Å²) in [6.07, 6.45) is 1.66. The standard InChI is InChI=1S/C24H18F2N4O2/c25-16-5-3-14(4-6-16)12-28-23(31)21-19-8-7-17(26)11-20(19)24(32)30(21)13-18-10-15-2-1-9-27-22(15)29-18/h1-11,21H,12-13H2,(H,27,29)(H,28,31). The van der Waals surface area contributed by atoms with Crippen molar-refractivity contribution < 1.29 is 18.4 Å². The molecule has 2 aromatic heterocycles. The summed E-state index contributed by atoms with van der Waals surface area (Å²) in [6.45, 7) is 0.296. The molecular formula is C24H18F2N4O2. The fourth-order valence-corrected chi connectivity index (χ4v) is 4.01. The number of fused-ring (bicyclic) bond motifs is 2. The number of aromatic nitrogens is 2. The average Bonchev–Trinajstić information content (AvgIpc) is 3.32. The van der Waals surface area contributed by atoms with E-state index in [0.717, 1.165) is 17.0 Å². The van der Waals surface area contributed by atoms with Crippen LogP contribution in [-0.4, -0.2) is 26.7 Å². The second-order valence-electron chi connectivity index (χ2n) is 7.65. The van der Waals surface area contributed by atoms with Gasteiger partial charge in [-0.1, -0.05) is 18.2 Å². The zero-order valence-electron chi connectivity index (χ0n) is 16.8. The molecule has 1 aliphatic rings. The van der Waals surface area contributed by atoms with Gasteiger partial charge in [0.05, 0.1) is 6.54 Å². The highest BCUT2D eigenvalue weighted by atomic mass is 19.1. The normalized spacial score (nSPS) is 15.2. The van der Waals surface area contributed by atoms with E-state index in [1.165, 1.54) is 29.2 Å². The molecule has 0 bridgehead atoms. The summed E-state index contributed by atoms with van der Waals surface area (Å²) in [7, 11) is 0. The van der Waals surface area contributed by atoms with Crippen molar-refractivity contribution in [3.05, 3.63) is 101 Å². The summed E-state index contributed by atoms with van der Waals surface area (Å²) in [4.78, 5) is 35.1. The molecule has 0 saturated heterocycles. The van der Waals surface area contributed by atoms with Gasteiger partial charge in [-0.15, -0.1) is 0 Å². The number of pyridine rings is 1. The van der Waals surface area contributed by atoms with Crippen LogP contribution in [0.2, 0.25) is 0 Å². The monoisotopic (exact) mass is 432 g/mol. The van der Waals surface area contributed by atoms with Crippen LogP contribution in [0, 0.1) is 11.6 Å². The van der Waals surface area contributed by atoms with Crippen molar-refractivity contribution in [1.82, 2.24) is 20.2 Å². The van der Waals surface area contributed by atoms with Crippen LogP contribution < -0.4 is 5.32 Å². The molecule has 0 fully saturated rings. The summed E-state index contributed by atoms with van der Waals surface area (Å²) >= 11 is 0. The minimum atomic E-state index is -0.919. The number of carbonyl (C=O) groups is 2. The van der Waals surface area contributed by atoms with Gasteiger partial charge in [-0.25, -0.2) is 13.8 Å². The van der Waals surface area contributed by atoms with Gasteiger partial charge in [0, 0.05) is 29.4 Å². The highest BCUT2D eigenvalue weighted by Crippen LogP contribution is 2.35. The number of halogens is 2. The van der Waals surface area contributed by atoms with Crippen molar-refractivity contribution in [2.45, 2.75) is 19.1 Å². The van der Waals surface area contributed by atoms with E-state index >= 15 is 0 Å². The van der Waals surface area contributed by atoms with Gasteiger partial charge in [0.2, 0.25) is 5.91 Å². The quantitative estimate of drug-likeness (QED) is 0.503. The van der Waals surface area contributed by atoms with Crippen LogP contribution in [0.1, 0.15) is 33.2 Å². The maximum atomic E-state index is 13.8. The number of rotatable bonds is 5. The Bertz CT molecular complexity index is 1300. The number of hydrogen-bond donors (Lipinski definition) is 2. The van der Waals surface area contributed by atoms with Crippen LogP contribution in [0.3, 0.4) is 0 Å². The second-order valence-corrected chi connectivity index (χ2v) is 7.65. The number of benzene rings is 2. The van der Waals surface area contributed by atoms with Gasteiger partial charge in [-0.2, -0.15) is 0 Å². The second kappa shape index (κ2) is 7.88. The summed E-state index contributed by atoms with van der Waals surface area (Å²) in [5.74, 6) is -1.73. The summed E-state index contributed by atoms with van der Waals surface area (Å²) in [5, 5.41) is 3.69. The molecule has 3 heterocycles. The maximum Gasteiger partial charge on any atom is 0.255 e. The van der Waals surface area contributed by atoms with Gasteiger partial charge in [-0.3, -0.25) is 9.59 Å². The molecular weight excluding hydrogens is 414 g/mol. The number of amides is 2. The van der Waals surface area contributed by atoms with E-state index < -0.39 is 23.7 Å². The first-order valence-corrected chi connectivity index (χ1v) is 10.0. The molecule has 6 nitrogen and oxygen atoms in total. The molecule has 160 valence electrons. The molecule has 0 aliphatic carbocycles. The minimum Gasteiger partial charge on any atom is -0.350 e. The maximum absolute atomic E-state index is 13.8. The highest BCUT2D eigenvalue weighted by molar-refractivity contribution is 6.04. The molecule has 4 aromatic rings. The fraction of sp³-hybridized carbons (Fsp3) is 0.125. The van der Waals surface area contributed by atoms with Crippen molar-refractivity contribution in [3.63, 3.8) is 0 Å². The van der Waals surface area contributed by atoms with Crippen LogP contribution in [0.4, 0.5) is 8.78 Å². The summed E-state index contributed by atoms with van der Waals surface area (Å²) in [6, 6.07) is 14.3. The third-order valence-electron chi connectivity index (χ3n) is 5.53. The van der Waals surface area contributed by atoms with Gasteiger partial charge in [0.25, 0.3) is 5.91 Å². The topological polar surface area (TPSA) is 78.1 Å². The molecule has 5 rings (SSSR count). The molecule has 1 atom stereocenters. The molecule has 2 amide bonds. The van der Waals surface area contributed by atoms with E-state index in [4.69, 9.17) is 0 Å². The van der Waals surface area contributed by atoms with Gasteiger partial charge in [0.1, 0.15) is 23.3 Å². The van der Waals surface area contributed by atoms with Crippen LogP contribution in [0.5, 0.6) is 0 Å². The number of aromatic amines is 1. The van der Waals surface area contributed by atoms with Crippen LogP contribution in [0.15, 0.2) is 66.9 Å². The van der Waals surface area contributed by atoms with Gasteiger partial charge < -0.3 is 15.2 Å². The van der Waals surface area contributed by atoms with Crippen molar-refractivity contribution in [1.29, 1.82) is 0 Å². The predicted octanol–water partition coefficient (Wildman–Crippen LogP) is 3.85. The first-order valence-electron chi connectivity index (χ1n) is 10.0. The lowest BCUT2D eigenvalue weighted by Crippen LogP contribution is -2.38. The van der Waals surface area contributed by atoms with Gasteiger partial charge in [0.15, 0.2) is 0 Å². The number of hydrogen-bond acceptors (Lipinski definition) is 3. The first kappa shape index (κ1) is 19.9. The largest absolute Gasteiger partial charge is 0.350 e. The van der Waals surface area contributed by atoms with E-state index in [-0.39, 0.29) is 24.5 Å². The lowest BCUT2D eigenvalue weighted by Gasteiger charge is -2.24. The van der Waals surface area contributed by atoms with E-state index in [1.807, 2.05) is 18.2 Å². The smallest absolute Gasteiger partial charge is 0.255 e. The molecule has 1 aliphatic heterocycles. The molecule has 8 heteroatoms. The number of nitrogens with zero attached hydrogens (tertiary/aromatic N) is 2. The van der Waals surface area contributed by atoms with E-state index in [9.17, 15) is 18.4 Å². The van der Waals surface area contributed by atoms with E-state index in [2.05, 4.69) is 15.3 Å². The summed E-state index contributed by atoms with van der Waals surface area (Å²) < 4.78 is 27.0. The number of nitrogens with one attached hydrogen (secondary N) is 2. The highest BCUT2D eigenvalue weighted by Gasteiger charge is 2.41. The van der Waals surface area contributed by atoms with E-state index in [0.29, 0.717) is 16.9 Å². The number of H-pyrrole nitrogens is 1. The zero-order chi connectivity index (χ0) is 22.2.